The van der Waals surface area contributed by atoms with E-state index in [2.05, 4.69) is 30.4 Å². The van der Waals surface area contributed by atoms with Crippen molar-refractivity contribution in [3.63, 3.8) is 0 Å². The molecule has 3 saturated carbocycles. The van der Waals surface area contributed by atoms with Crippen LogP contribution in [0.1, 0.15) is 83.7 Å². The molecule has 7 heteroatoms. The second-order valence-electron chi connectivity index (χ2n) is 12.4. The Morgan fingerprint density at radius 1 is 1.05 bits per heavy atom. The van der Waals surface area contributed by atoms with E-state index in [1.165, 1.54) is 24.8 Å². The lowest BCUT2D eigenvalue weighted by molar-refractivity contribution is -0.142. The number of carbonyl (C=O) groups excluding carboxylic acids is 2. The molecule has 38 heavy (non-hydrogen) atoms. The van der Waals surface area contributed by atoms with Crippen LogP contribution in [0.25, 0.3) is 0 Å². The van der Waals surface area contributed by atoms with E-state index in [0.29, 0.717) is 29.1 Å². The number of nitrogens with one attached hydrogen (secondary N) is 1. The lowest BCUT2D eigenvalue weighted by atomic mass is 9.46. The van der Waals surface area contributed by atoms with Gasteiger partial charge in [-0.05, 0) is 98.5 Å². The third kappa shape index (κ3) is 4.69. The van der Waals surface area contributed by atoms with E-state index in [-0.39, 0.29) is 23.4 Å². The van der Waals surface area contributed by atoms with Gasteiger partial charge in [-0.2, -0.15) is 0 Å². The first-order chi connectivity index (χ1) is 18.1. The number of amides is 1. The SMILES string of the molecule is CC(=O)[C@H]1CC[C@H]2[C@@H]3CCC4=C/C(=N\OCC(=O)N[C@@H](C(=O)O)c5ccccc5)CC[C@]4(C)[C@H]3CC[C@]12C. The fourth-order valence-electron chi connectivity index (χ4n) is 8.62. The van der Waals surface area contributed by atoms with Gasteiger partial charge in [0.2, 0.25) is 0 Å². The van der Waals surface area contributed by atoms with Crippen LogP contribution in [0.2, 0.25) is 0 Å². The van der Waals surface area contributed by atoms with Gasteiger partial charge in [-0.1, -0.05) is 54.9 Å². The fraction of sp³-hybridized carbons (Fsp3) is 0.613. The highest BCUT2D eigenvalue weighted by molar-refractivity contribution is 5.96. The van der Waals surface area contributed by atoms with Crippen molar-refractivity contribution in [1.29, 1.82) is 0 Å². The number of fused-ring (bicyclic) bond motifs is 5. The Morgan fingerprint density at radius 2 is 1.82 bits per heavy atom. The van der Waals surface area contributed by atoms with Gasteiger partial charge in [0.05, 0.1) is 5.71 Å². The minimum atomic E-state index is -1.13. The van der Waals surface area contributed by atoms with Crippen LogP contribution in [-0.4, -0.2) is 35.1 Å². The molecule has 7 nitrogen and oxygen atoms in total. The number of carboxylic acids is 1. The standard InChI is InChI=1S/C31H40N2O5/c1-19(34)24-11-12-25-23-10-9-21-17-22(13-15-30(21,2)26(23)14-16-31(24,25)3)33-38-18-27(35)32-28(29(36)37)20-7-5-4-6-8-20/h4-8,17,23-26,28H,9-16,18H2,1-3H3,(H,32,35)(H,36,37)/b33-22-/t23-,24+,25-,26-,28+,30-,31+/m0/s1. The molecular weight excluding hydrogens is 480 g/mol. The van der Waals surface area contributed by atoms with Gasteiger partial charge in [0, 0.05) is 5.92 Å². The number of ketones is 1. The van der Waals surface area contributed by atoms with Crippen LogP contribution in [0.15, 0.2) is 47.1 Å². The largest absolute Gasteiger partial charge is 0.479 e. The van der Waals surface area contributed by atoms with Crippen LogP contribution in [-0.2, 0) is 19.2 Å². The normalized spacial score (nSPS) is 35.8. The fourth-order valence-corrected chi connectivity index (χ4v) is 8.62. The summed E-state index contributed by atoms with van der Waals surface area (Å²) in [6, 6.07) is 7.47. The number of hydrogen-bond donors (Lipinski definition) is 2. The zero-order chi connectivity index (χ0) is 27.1. The zero-order valence-electron chi connectivity index (χ0n) is 22.7. The van der Waals surface area contributed by atoms with Crippen molar-refractivity contribution in [2.24, 2.45) is 39.7 Å². The summed E-state index contributed by atoms with van der Waals surface area (Å²) >= 11 is 0. The zero-order valence-corrected chi connectivity index (χ0v) is 22.7. The molecule has 2 N–H and O–H groups in total. The lowest BCUT2D eigenvalue weighted by Crippen LogP contribution is -2.51. The van der Waals surface area contributed by atoms with E-state index < -0.39 is 17.9 Å². The maximum atomic E-state index is 12.4. The van der Waals surface area contributed by atoms with Crippen LogP contribution in [0, 0.1) is 34.5 Å². The average Bonchev–Trinajstić information content (AvgIpc) is 3.25. The second-order valence-corrected chi connectivity index (χ2v) is 12.4. The third-order valence-corrected chi connectivity index (χ3v) is 10.5. The summed E-state index contributed by atoms with van der Waals surface area (Å²) in [6.07, 6.45) is 10.8. The number of allylic oxidation sites excluding steroid dienone is 2. The molecule has 1 aromatic rings. The molecule has 0 aromatic heterocycles. The van der Waals surface area contributed by atoms with Crippen LogP contribution >= 0.6 is 0 Å². The van der Waals surface area contributed by atoms with Gasteiger partial charge >= 0.3 is 5.97 Å². The van der Waals surface area contributed by atoms with E-state index in [1.54, 1.807) is 37.3 Å². The van der Waals surface area contributed by atoms with Gasteiger partial charge in [0.25, 0.3) is 5.91 Å². The summed E-state index contributed by atoms with van der Waals surface area (Å²) in [6.45, 7) is 6.27. The number of Topliss-reactive ketones (excluding diaryl/α,β-unsaturated/α-hetero) is 1. The number of carbonyl (C=O) groups is 3. The van der Waals surface area contributed by atoms with E-state index in [9.17, 15) is 19.5 Å². The first-order valence-corrected chi connectivity index (χ1v) is 14.1. The predicted molar refractivity (Wildman–Crippen MR) is 144 cm³/mol. The van der Waals surface area contributed by atoms with Crippen molar-refractivity contribution >= 4 is 23.4 Å². The summed E-state index contributed by atoms with van der Waals surface area (Å²) in [4.78, 5) is 41.8. The number of rotatable bonds is 7. The van der Waals surface area contributed by atoms with E-state index in [0.717, 1.165) is 37.8 Å². The van der Waals surface area contributed by atoms with Crippen LogP contribution < -0.4 is 5.32 Å². The molecule has 1 amide bonds. The smallest absolute Gasteiger partial charge is 0.330 e. The van der Waals surface area contributed by atoms with E-state index in [4.69, 9.17) is 4.84 Å². The minimum absolute atomic E-state index is 0.152. The molecule has 5 rings (SSSR count). The summed E-state index contributed by atoms with van der Waals surface area (Å²) in [5.41, 5.74) is 3.11. The van der Waals surface area contributed by atoms with Crippen molar-refractivity contribution in [3.05, 3.63) is 47.5 Å². The Kier molecular flexibility index (Phi) is 7.23. The maximum Gasteiger partial charge on any atom is 0.330 e. The molecule has 0 heterocycles. The van der Waals surface area contributed by atoms with Crippen molar-refractivity contribution in [3.8, 4) is 0 Å². The van der Waals surface area contributed by atoms with E-state index >= 15 is 0 Å². The maximum absolute atomic E-state index is 12.4. The molecule has 0 spiro atoms. The number of benzene rings is 1. The van der Waals surface area contributed by atoms with Crippen molar-refractivity contribution < 1.29 is 24.3 Å². The quantitative estimate of drug-likeness (QED) is 0.464. The first kappa shape index (κ1) is 26.6. The highest BCUT2D eigenvalue weighted by atomic mass is 16.6. The van der Waals surface area contributed by atoms with Crippen LogP contribution in [0.4, 0.5) is 0 Å². The van der Waals surface area contributed by atoms with Gasteiger partial charge in [-0.3, -0.25) is 9.59 Å². The summed E-state index contributed by atoms with van der Waals surface area (Å²) < 4.78 is 0. The van der Waals surface area contributed by atoms with Crippen molar-refractivity contribution in [2.45, 2.75) is 78.2 Å². The van der Waals surface area contributed by atoms with Crippen molar-refractivity contribution in [2.75, 3.05) is 6.61 Å². The predicted octanol–water partition coefficient (Wildman–Crippen LogP) is 5.47. The molecule has 7 atom stereocenters. The van der Waals surface area contributed by atoms with Crippen molar-refractivity contribution in [1.82, 2.24) is 5.32 Å². The Morgan fingerprint density at radius 3 is 2.53 bits per heavy atom. The third-order valence-electron chi connectivity index (χ3n) is 10.5. The Balaban J connectivity index is 1.22. The van der Waals surface area contributed by atoms with Gasteiger partial charge in [0.1, 0.15) is 5.78 Å². The first-order valence-electron chi connectivity index (χ1n) is 14.1. The highest BCUT2D eigenvalue weighted by Crippen LogP contribution is 2.66. The summed E-state index contributed by atoms with van der Waals surface area (Å²) in [5.74, 6) is 0.940. The second kappa shape index (κ2) is 10.3. The molecular formula is C31H40N2O5. The summed E-state index contributed by atoms with van der Waals surface area (Å²) in [5, 5.41) is 16.3. The molecule has 1 aromatic carbocycles. The van der Waals surface area contributed by atoms with Gasteiger partial charge in [-0.15, -0.1) is 0 Å². The van der Waals surface area contributed by atoms with Gasteiger partial charge < -0.3 is 15.3 Å². The Labute approximate surface area is 225 Å². The molecule has 0 unspecified atom stereocenters. The molecule has 4 aliphatic carbocycles. The van der Waals surface area contributed by atoms with Gasteiger partial charge in [-0.25, -0.2) is 4.79 Å². The molecule has 4 aliphatic rings. The molecule has 0 saturated heterocycles. The minimum Gasteiger partial charge on any atom is -0.479 e. The number of nitrogens with zero attached hydrogens (tertiary/aromatic N) is 1. The summed E-state index contributed by atoms with van der Waals surface area (Å²) in [7, 11) is 0. The Bertz CT molecular complexity index is 1160. The van der Waals surface area contributed by atoms with Crippen LogP contribution in [0.3, 0.4) is 0 Å². The average molecular weight is 521 g/mol. The number of hydrogen-bond acceptors (Lipinski definition) is 5. The van der Waals surface area contributed by atoms with E-state index in [1.807, 2.05) is 0 Å². The number of aliphatic carboxylic acids is 1. The number of oxime groups is 1. The monoisotopic (exact) mass is 520 g/mol. The van der Waals surface area contributed by atoms with Gasteiger partial charge in [0.15, 0.2) is 12.6 Å². The Hall–Kier alpha value is -2.96. The van der Waals surface area contributed by atoms with Crippen LogP contribution in [0.5, 0.6) is 0 Å². The lowest BCUT2D eigenvalue weighted by Gasteiger charge is -2.58. The number of carboxylic acid groups (broad SMARTS) is 1. The molecule has 204 valence electrons. The molecule has 0 bridgehead atoms. The molecule has 0 radical (unpaired) electrons. The molecule has 0 aliphatic heterocycles. The topological polar surface area (TPSA) is 105 Å². The highest BCUT2D eigenvalue weighted by Gasteiger charge is 2.59. The molecule has 3 fully saturated rings.